The summed E-state index contributed by atoms with van der Waals surface area (Å²) >= 11 is 0. The van der Waals surface area contributed by atoms with Crippen LogP contribution in [-0.2, 0) is 16.1 Å². The molecule has 2 amide bonds. The maximum absolute atomic E-state index is 12.6. The van der Waals surface area contributed by atoms with E-state index in [4.69, 9.17) is 0 Å². The van der Waals surface area contributed by atoms with E-state index in [1.165, 1.54) is 4.57 Å². The maximum atomic E-state index is 12.6. The molecule has 0 radical (unpaired) electrons. The monoisotopic (exact) mass is 348 g/mol. The van der Waals surface area contributed by atoms with Crippen molar-refractivity contribution in [2.45, 2.75) is 39.7 Å². The summed E-state index contributed by atoms with van der Waals surface area (Å²) < 4.78 is 1.44. The van der Waals surface area contributed by atoms with E-state index in [0.717, 1.165) is 19.5 Å². The van der Waals surface area contributed by atoms with Gasteiger partial charge in [0.15, 0.2) is 0 Å². The van der Waals surface area contributed by atoms with Crippen molar-refractivity contribution in [1.29, 1.82) is 0 Å². The quantitative estimate of drug-likeness (QED) is 0.863. The Bertz CT molecular complexity index is 683. The first kappa shape index (κ1) is 19.2. The zero-order valence-electron chi connectivity index (χ0n) is 15.4. The molecule has 1 N–H and O–H groups in total. The molecule has 25 heavy (non-hydrogen) atoms. The van der Waals surface area contributed by atoms with Crippen molar-refractivity contribution in [3.05, 3.63) is 28.2 Å². The van der Waals surface area contributed by atoms with E-state index in [0.29, 0.717) is 31.6 Å². The first-order valence-electron chi connectivity index (χ1n) is 8.89. The third-order valence-corrected chi connectivity index (χ3v) is 4.51. The molecule has 1 aromatic rings. The minimum absolute atomic E-state index is 0.00582. The van der Waals surface area contributed by atoms with E-state index in [-0.39, 0.29) is 29.6 Å². The highest BCUT2D eigenvalue weighted by Crippen LogP contribution is 2.07. The van der Waals surface area contributed by atoms with E-state index in [9.17, 15) is 14.4 Å². The Morgan fingerprint density at radius 1 is 1.16 bits per heavy atom. The number of carbonyl (C=O) groups excluding carboxylic acids is 2. The van der Waals surface area contributed by atoms with Crippen LogP contribution in [0.25, 0.3) is 0 Å². The molecule has 7 nitrogen and oxygen atoms in total. The molecule has 2 rings (SSSR count). The van der Waals surface area contributed by atoms with Gasteiger partial charge in [-0.15, -0.1) is 0 Å². The number of hydrogen-bond donors (Lipinski definition) is 1. The third kappa shape index (κ3) is 5.16. The predicted molar refractivity (Wildman–Crippen MR) is 97.7 cm³/mol. The standard InChI is InChI=1S/C18H28N4O3/c1-4-6-16(23)19-15-8-7-14(2)22(18(15)25)13-17(24)21-10-5-9-20(3)11-12-21/h7-8H,4-6,9-13H2,1-3H3,(H,19,23). The number of pyridine rings is 1. The van der Waals surface area contributed by atoms with Gasteiger partial charge in [0.25, 0.3) is 5.56 Å². The highest BCUT2D eigenvalue weighted by molar-refractivity contribution is 5.90. The highest BCUT2D eigenvalue weighted by Gasteiger charge is 2.19. The van der Waals surface area contributed by atoms with Crippen molar-refractivity contribution in [2.24, 2.45) is 0 Å². The highest BCUT2D eigenvalue weighted by atomic mass is 16.2. The van der Waals surface area contributed by atoms with E-state index >= 15 is 0 Å². The summed E-state index contributed by atoms with van der Waals surface area (Å²) in [6.07, 6.45) is 2.02. The number of amides is 2. The number of aryl methyl sites for hydroxylation is 1. The maximum Gasteiger partial charge on any atom is 0.274 e. The molecule has 1 fully saturated rings. The Morgan fingerprint density at radius 3 is 2.64 bits per heavy atom. The second-order valence-corrected chi connectivity index (χ2v) is 6.62. The molecule has 1 saturated heterocycles. The summed E-state index contributed by atoms with van der Waals surface area (Å²) in [4.78, 5) is 41.0. The van der Waals surface area contributed by atoms with E-state index in [1.807, 2.05) is 18.9 Å². The lowest BCUT2D eigenvalue weighted by molar-refractivity contribution is -0.131. The van der Waals surface area contributed by atoms with Gasteiger partial charge in [0, 0.05) is 31.7 Å². The van der Waals surface area contributed by atoms with Crippen molar-refractivity contribution in [3.63, 3.8) is 0 Å². The molecule has 2 heterocycles. The lowest BCUT2D eigenvalue weighted by atomic mass is 10.2. The van der Waals surface area contributed by atoms with Crippen LogP contribution in [0.5, 0.6) is 0 Å². The average Bonchev–Trinajstić information content (AvgIpc) is 2.79. The fourth-order valence-corrected chi connectivity index (χ4v) is 2.93. The summed E-state index contributed by atoms with van der Waals surface area (Å²) in [7, 11) is 2.05. The van der Waals surface area contributed by atoms with E-state index in [1.54, 1.807) is 19.1 Å². The normalized spacial score (nSPS) is 15.7. The Labute approximate surface area is 148 Å². The van der Waals surface area contributed by atoms with Gasteiger partial charge in [0.05, 0.1) is 0 Å². The van der Waals surface area contributed by atoms with Crippen LogP contribution in [0.1, 0.15) is 31.9 Å². The molecule has 0 aliphatic carbocycles. The van der Waals surface area contributed by atoms with Crippen LogP contribution in [0.15, 0.2) is 16.9 Å². The van der Waals surface area contributed by atoms with Crippen LogP contribution in [0, 0.1) is 6.92 Å². The summed E-state index contributed by atoms with van der Waals surface area (Å²) in [6.45, 7) is 6.91. The van der Waals surface area contributed by atoms with Gasteiger partial charge in [-0.1, -0.05) is 6.92 Å². The zero-order valence-corrected chi connectivity index (χ0v) is 15.4. The van der Waals surface area contributed by atoms with Crippen molar-refractivity contribution >= 4 is 17.5 Å². The number of aromatic nitrogens is 1. The number of carbonyl (C=O) groups is 2. The van der Waals surface area contributed by atoms with Crippen molar-refractivity contribution in [3.8, 4) is 0 Å². The lowest BCUT2D eigenvalue weighted by Crippen LogP contribution is -2.39. The minimum Gasteiger partial charge on any atom is -0.340 e. The second-order valence-electron chi connectivity index (χ2n) is 6.62. The molecule has 138 valence electrons. The van der Waals surface area contributed by atoms with Gasteiger partial charge in [-0.3, -0.25) is 14.4 Å². The Balaban J connectivity index is 2.14. The van der Waals surface area contributed by atoms with Crippen LogP contribution >= 0.6 is 0 Å². The van der Waals surface area contributed by atoms with Crippen molar-refractivity contribution in [2.75, 3.05) is 38.5 Å². The van der Waals surface area contributed by atoms with Gasteiger partial charge in [-0.05, 0) is 45.5 Å². The smallest absolute Gasteiger partial charge is 0.274 e. The number of rotatable bonds is 5. The van der Waals surface area contributed by atoms with Crippen molar-refractivity contribution < 1.29 is 9.59 Å². The summed E-state index contributed by atoms with van der Waals surface area (Å²) in [6, 6.07) is 3.36. The van der Waals surface area contributed by atoms with Gasteiger partial charge < -0.3 is 19.7 Å². The molecule has 0 atom stereocenters. The predicted octanol–water partition coefficient (Wildman–Crippen LogP) is 1.06. The third-order valence-electron chi connectivity index (χ3n) is 4.51. The van der Waals surface area contributed by atoms with Crippen molar-refractivity contribution in [1.82, 2.24) is 14.4 Å². The largest absolute Gasteiger partial charge is 0.340 e. The minimum atomic E-state index is -0.329. The Kier molecular flexibility index (Phi) is 6.75. The van der Waals surface area contributed by atoms with Crippen LogP contribution < -0.4 is 10.9 Å². The van der Waals surface area contributed by atoms with Gasteiger partial charge >= 0.3 is 0 Å². The average molecular weight is 348 g/mol. The molecule has 7 heteroatoms. The van der Waals surface area contributed by atoms with E-state index < -0.39 is 0 Å². The number of anilines is 1. The van der Waals surface area contributed by atoms with Crippen LogP contribution in [0.2, 0.25) is 0 Å². The van der Waals surface area contributed by atoms with Gasteiger partial charge in [-0.2, -0.15) is 0 Å². The fraction of sp³-hybridized carbons (Fsp3) is 0.611. The van der Waals surface area contributed by atoms with Crippen LogP contribution in [0.3, 0.4) is 0 Å². The Morgan fingerprint density at radius 2 is 1.92 bits per heavy atom. The second kappa shape index (κ2) is 8.80. The number of likely N-dealkylation sites (N-methyl/N-ethyl adjacent to an activating group) is 1. The zero-order chi connectivity index (χ0) is 18.4. The molecular weight excluding hydrogens is 320 g/mol. The van der Waals surface area contributed by atoms with E-state index in [2.05, 4.69) is 10.2 Å². The topological polar surface area (TPSA) is 74.7 Å². The molecule has 0 unspecified atom stereocenters. The van der Waals surface area contributed by atoms with Crippen LogP contribution in [-0.4, -0.2) is 59.4 Å². The molecule has 1 aliphatic heterocycles. The SMILES string of the molecule is CCCC(=O)Nc1ccc(C)n(CC(=O)N2CCCN(C)CC2)c1=O. The molecule has 0 bridgehead atoms. The first-order chi connectivity index (χ1) is 11.9. The number of nitrogens with one attached hydrogen (secondary N) is 1. The van der Waals surface area contributed by atoms with Gasteiger partial charge in [0.1, 0.15) is 12.2 Å². The lowest BCUT2D eigenvalue weighted by Gasteiger charge is -2.22. The molecule has 0 spiro atoms. The summed E-state index contributed by atoms with van der Waals surface area (Å²) in [5.74, 6) is -0.241. The summed E-state index contributed by atoms with van der Waals surface area (Å²) in [5, 5.41) is 2.64. The molecule has 0 saturated carbocycles. The fourth-order valence-electron chi connectivity index (χ4n) is 2.93. The summed E-state index contributed by atoms with van der Waals surface area (Å²) in [5.41, 5.74) is 0.607. The number of nitrogens with zero attached hydrogens (tertiary/aromatic N) is 3. The van der Waals surface area contributed by atoms with Crippen LogP contribution in [0.4, 0.5) is 5.69 Å². The first-order valence-corrected chi connectivity index (χ1v) is 8.89. The van der Waals surface area contributed by atoms with Gasteiger partial charge in [-0.25, -0.2) is 0 Å². The molecular formula is C18H28N4O3. The molecule has 1 aliphatic rings. The molecule has 0 aromatic carbocycles. The number of hydrogen-bond acceptors (Lipinski definition) is 4. The van der Waals surface area contributed by atoms with Gasteiger partial charge in [0.2, 0.25) is 11.8 Å². The Hall–Kier alpha value is -2.15. The molecule has 1 aromatic heterocycles.